The number of nitrogens with zero attached hydrogens (tertiary/aromatic N) is 5. The third-order valence-corrected chi connectivity index (χ3v) is 7.93. The van der Waals surface area contributed by atoms with E-state index in [1.807, 2.05) is 45.0 Å². The van der Waals surface area contributed by atoms with Gasteiger partial charge in [0.05, 0.1) is 11.0 Å². The number of rotatable bonds is 8. The molecule has 1 amide bonds. The average Bonchev–Trinajstić information content (AvgIpc) is 3.03. The number of imidazole rings is 1. The number of benzene rings is 1. The van der Waals surface area contributed by atoms with Crippen LogP contribution in [0.3, 0.4) is 0 Å². The summed E-state index contributed by atoms with van der Waals surface area (Å²) in [6, 6.07) is 7.59. The highest BCUT2D eigenvalue weighted by Crippen LogP contribution is 2.15. The Morgan fingerprint density at radius 3 is 2.07 bits per heavy atom. The van der Waals surface area contributed by atoms with Crippen LogP contribution in [0.1, 0.15) is 27.2 Å². The molecule has 166 valence electrons. The minimum absolute atomic E-state index is 0.0601. The molecule has 0 spiro atoms. The molecular formula is C20H31N5O4S. The van der Waals surface area contributed by atoms with Crippen LogP contribution in [0, 0.1) is 0 Å². The first-order valence-electron chi connectivity index (χ1n) is 10.6. The van der Waals surface area contributed by atoms with E-state index >= 15 is 0 Å². The third-order valence-electron chi connectivity index (χ3n) is 5.74. The summed E-state index contributed by atoms with van der Waals surface area (Å²) in [6.45, 7) is 8.61. The fourth-order valence-corrected chi connectivity index (χ4v) is 5.65. The summed E-state index contributed by atoms with van der Waals surface area (Å²) in [5.74, 6) is -0.0601. The molecule has 3 rings (SSSR count). The third kappa shape index (κ3) is 4.17. The van der Waals surface area contributed by atoms with Gasteiger partial charge < -0.3 is 4.90 Å². The van der Waals surface area contributed by atoms with Crippen molar-refractivity contribution >= 4 is 27.1 Å². The molecule has 10 heteroatoms. The molecule has 9 nitrogen and oxygen atoms in total. The Labute approximate surface area is 177 Å². The van der Waals surface area contributed by atoms with Gasteiger partial charge >= 0.3 is 5.69 Å². The summed E-state index contributed by atoms with van der Waals surface area (Å²) >= 11 is 0. The Hall–Kier alpha value is -2.17. The van der Waals surface area contributed by atoms with Crippen LogP contribution in [-0.4, -0.2) is 76.2 Å². The summed E-state index contributed by atoms with van der Waals surface area (Å²) in [4.78, 5) is 27.1. The fraction of sp³-hybridized carbons (Fsp3) is 0.600. The quantitative estimate of drug-likeness (QED) is 0.615. The summed E-state index contributed by atoms with van der Waals surface area (Å²) in [5.41, 5.74) is 1.58. The second kappa shape index (κ2) is 9.32. The highest BCUT2D eigenvalue weighted by molar-refractivity contribution is 7.86. The van der Waals surface area contributed by atoms with Crippen molar-refractivity contribution in [1.29, 1.82) is 0 Å². The Balaban J connectivity index is 1.63. The van der Waals surface area contributed by atoms with Gasteiger partial charge in [-0.05, 0) is 19.1 Å². The number of para-hydroxylation sites is 2. The molecule has 1 aliphatic heterocycles. The summed E-state index contributed by atoms with van der Waals surface area (Å²) in [5, 5.41) is 0. The Morgan fingerprint density at radius 1 is 0.967 bits per heavy atom. The standard InChI is InChI=1S/C20H31N5O4S/c1-4-22(5-2)30(28,29)23-15-13-21(14-16-23)19(26)11-12-25-18-10-8-7-9-17(18)24(6-3)20(25)27/h7-10H,4-6,11-16H2,1-3H3. The molecule has 0 radical (unpaired) electrons. The van der Waals surface area contributed by atoms with E-state index in [0.717, 1.165) is 11.0 Å². The lowest BCUT2D eigenvalue weighted by atomic mass is 10.3. The number of carbonyl (C=O) groups is 1. The van der Waals surface area contributed by atoms with Crippen LogP contribution < -0.4 is 5.69 Å². The first-order valence-corrected chi connectivity index (χ1v) is 12.0. The number of carbonyl (C=O) groups excluding carboxylic acids is 1. The minimum atomic E-state index is -3.48. The van der Waals surface area contributed by atoms with Gasteiger partial charge in [0.25, 0.3) is 10.2 Å². The van der Waals surface area contributed by atoms with Crippen molar-refractivity contribution in [3.8, 4) is 0 Å². The van der Waals surface area contributed by atoms with Gasteiger partial charge in [-0.1, -0.05) is 26.0 Å². The lowest BCUT2D eigenvalue weighted by Crippen LogP contribution is -2.54. The van der Waals surface area contributed by atoms with E-state index in [9.17, 15) is 18.0 Å². The highest BCUT2D eigenvalue weighted by atomic mass is 32.2. The Morgan fingerprint density at radius 2 is 1.53 bits per heavy atom. The molecule has 2 aromatic rings. The first-order chi connectivity index (χ1) is 14.3. The zero-order valence-corrected chi connectivity index (χ0v) is 18.8. The maximum atomic E-state index is 12.7. The topological polar surface area (TPSA) is 87.9 Å². The number of hydrogen-bond acceptors (Lipinski definition) is 4. The van der Waals surface area contributed by atoms with Crippen molar-refractivity contribution < 1.29 is 13.2 Å². The van der Waals surface area contributed by atoms with Crippen molar-refractivity contribution in [2.45, 2.75) is 40.3 Å². The maximum Gasteiger partial charge on any atom is 0.329 e. The molecule has 1 saturated heterocycles. The van der Waals surface area contributed by atoms with E-state index < -0.39 is 10.2 Å². The summed E-state index contributed by atoms with van der Waals surface area (Å²) < 4.78 is 31.5. The summed E-state index contributed by atoms with van der Waals surface area (Å²) in [6.07, 6.45) is 0.209. The number of fused-ring (bicyclic) bond motifs is 1. The van der Waals surface area contributed by atoms with E-state index in [-0.39, 0.29) is 18.0 Å². The van der Waals surface area contributed by atoms with Gasteiger partial charge in [-0.3, -0.25) is 13.9 Å². The van der Waals surface area contributed by atoms with E-state index in [1.54, 1.807) is 14.0 Å². The molecule has 0 bridgehead atoms. The average molecular weight is 438 g/mol. The molecule has 30 heavy (non-hydrogen) atoms. The second-order valence-electron chi connectivity index (χ2n) is 7.29. The van der Waals surface area contributed by atoms with Crippen molar-refractivity contribution in [3.05, 3.63) is 34.7 Å². The predicted octanol–water partition coefficient (Wildman–Crippen LogP) is 0.944. The maximum absolute atomic E-state index is 12.7. The van der Waals surface area contributed by atoms with Gasteiger partial charge in [0.2, 0.25) is 5.91 Å². The van der Waals surface area contributed by atoms with E-state index in [2.05, 4.69) is 0 Å². The SMILES string of the molecule is CCN(CC)S(=O)(=O)N1CCN(C(=O)CCn2c(=O)n(CC)c3ccccc32)CC1. The molecule has 2 heterocycles. The number of piperazine rings is 1. The van der Waals surface area contributed by atoms with Gasteiger partial charge in [-0.15, -0.1) is 0 Å². The molecule has 0 N–H and O–H groups in total. The number of aromatic nitrogens is 2. The van der Waals surface area contributed by atoms with E-state index in [0.29, 0.717) is 52.4 Å². The van der Waals surface area contributed by atoms with Gasteiger partial charge in [0.1, 0.15) is 0 Å². The van der Waals surface area contributed by atoms with Crippen LogP contribution in [0.15, 0.2) is 29.1 Å². The zero-order valence-electron chi connectivity index (χ0n) is 18.0. The van der Waals surface area contributed by atoms with Crippen LogP contribution >= 0.6 is 0 Å². The lowest BCUT2D eigenvalue weighted by Gasteiger charge is -2.36. The largest absolute Gasteiger partial charge is 0.340 e. The zero-order chi connectivity index (χ0) is 21.9. The van der Waals surface area contributed by atoms with Gasteiger partial charge in [0.15, 0.2) is 0 Å². The molecule has 1 aromatic heterocycles. The Kier molecular flexibility index (Phi) is 6.99. The Bertz CT molecular complexity index is 1050. The monoisotopic (exact) mass is 437 g/mol. The van der Waals surface area contributed by atoms with Gasteiger partial charge in [-0.25, -0.2) is 4.79 Å². The van der Waals surface area contributed by atoms with Gasteiger partial charge in [0, 0.05) is 58.8 Å². The molecule has 0 aliphatic carbocycles. The van der Waals surface area contributed by atoms with Gasteiger partial charge in [-0.2, -0.15) is 17.0 Å². The molecule has 0 atom stereocenters. The van der Waals surface area contributed by atoms with E-state index in [1.165, 1.54) is 8.61 Å². The summed E-state index contributed by atoms with van der Waals surface area (Å²) in [7, 11) is -3.48. The minimum Gasteiger partial charge on any atom is -0.340 e. The normalized spacial score (nSPS) is 15.9. The van der Waals surface area contributed by atoms with Crippen LogP contribution in [0.4, 0.5) is 0 Å². The smallest absolute Gasteiger partial charge is 0.329 e. The number of hydrogen-bond donors (Lipinski definition) is 0. The number of aryl methyl sites for hydroxylation is 2. The second-order valence-corrected chi connectivity index (χ2v) is 9.22. The van der Waals surface area contributed by atoms with E-state index in [4.69, 9.17) is 0 Å². The van der Waals surface area contributed by atoms with Crippen molar-refractivity contribution in [3.63, 3.8) is 0 Å². The lowest BCUT2D eigenvalue weighted by molar-refractivity contribution is -0.132. The molecule has 1 aliphatic rings. The first kappa shape index (κ1) is 22.5. The molecular weight excluding hydrogens is 406 g/mol. The van der Waals surface area contributed by atoms with Crippen molar-refractivity contribution in [2.75, 3.05) is 39.3 Å². The number of amides is 1. The van der Waals surface area contributed by atoms with Crippen molar-refractivity contribution in [1.82, 2.24) is 22.6 Å². The van der Waals surface area contributed by atoms with Crippen LogP contribution in [-0.2, 0) is 28.1 Å². The van der Waals surface area contributed by atoms with Crippen LogP contribution in [0.2, 0.25) is 0 Å². The molecule has 0 unspecified atom stereocenters. The predicted molar refractivity (Wildman–Crippen MR) is 116 cm³/mol. The molecule has 0 saturated carbocycles. The fourth-order valence-electron chi connectivity index (χ4n) is 4.04. The van der Waals surface area contributed by atoms with Crippen molar-refractivity contribution in [2.24, 2.45) is 0 Å². The van der Waals surface area contributed by atoms with Crippen LogP contribution in [0.5, 0.6) is 0 Å². The highest BCUT2D eigenvalue weighted by Gasteiger charge is 2.32. The van der Waals surface area contributed by atoms with Crippen LogP contribution in [0.25, 0.3) is 11.0 Å². The molecule has 1 fully saturated rings. The molecule has 1 aromatic carbocycles.